The molecule has 0 aliphatic rings. The summed E-state index contributed by atoms with van der Waals surface area (Å²) in [7, 11) is 0. The van der Waals surface area contributed by atoms with Gasteiger partial charge in [0, 0.05) is 18.3 Å². The van der Waals surface area contributed by atoms with Crippen molar-refractivity contribution >= 4 is 5.65 Å². The fourth-order valence-electron chi connectivity index (χ4n) is 3.07. The van der Waals surface area contributed by atoms with E-state index in [-0.39, 0.29) is 17.8 Å². The molecule has 2 heterocycles. The number of fused-ring (bicyclic) bond motifs is 1. The van der Waals surface area contributed by atoms with E-state index in [1.165, 1.54) is 10.7 Å². The van der Waals surface area contributed by atoms with Gasteiger partial charge in [0.2, 0.25) is 0 Å². The highest BCUT2D eigenvalue weighted by Crippen LogP contribution is 2.28. The number of halogens is 3. The van der Waals surface area contributed by atoms with Crippen LogP contribution >= 0.6 is 0 Å². The summed E-state index contributed by atoms with van der Waals surface area (Å²) in [5.74, 6) is 1.31. The van der Waals surface area contributed by atoms with E-state index in [4.69, 9.17) is 4.74 Å². The maximum absolute atomic E-state index is 12.4. The number of ether oxygens (including phenoxy) is 1. The van der Waals surface area contributed by atoms with Crippen molar-refractivity contribution < 1.29 is 17.9 Å². The van der Waals surface area contributed by atoms with Crippen LogP contribution in [0.25, 0.3) is 16.9 Å². The summed E-state index contributed by atoms with van der Waals surface area (Å²) in [5.41, 5.74) is 2.05. The first-order chi connectivity index (χ1) is 14.9. The van der Waals surface area contributed by atoms with Crippen LogP contribution in [0.5, 0.6) is 11.5 Å². The Kier molecular flexibility index (Phi) is 5.56. The van der Waals surface area contributed by atoms with Crippen LogP contribution in [0.4, 0.5) is 13.2 Å². The zero-order chi connectivity index (χ0) is 21.8. The average molecular weight is 423 g/mol. The van der Waals surface area contributed by atoms with Crippen molar-refractivity contribution in [2.45, 2.75) is 12.7 Å². The van der Waals surface area contributed by atoms with Gasteiger partial charge in [0.15, 0.2) is 5.65 Å². The molecule has 0 amide bonds. The van der Waals surface area contributed by atoms with Crippen molar-refractivity contribution in [3.8, 4) is 28.8 Å². The summed E-state index contributed by atoms with van der Waals surface area (Å²) >= 11 is 0. The number of hydrogen-bond acceptors (Lipinski definition) is 5. The minimum atomic E-state index is -4.32. The van der Waals surface area contributed by atoms with Gasteiger partial charge in [-0.25, -0.2) is 9.50 Å². The van der Waals surface area contributed by atoms with E-state index in [0.717, 1.165) is 0 Å². The molecule has 4 aromatic rings. The smallest absolute Gasteiger partial charge is 0.401 e. The molecular weight excluding hydrogens is 407 g/mol. The highest BCUT2D eigenvalue weighted by molar-refractivity contribution is 5.75. The standard InChI is InChI=1S/C22H16F3N5O/c23-22(24,25)14-27-13-16-10-11-28-21-19(12-26)20(29-30(16)21)15-6-8-18(9-7-15)31-17-4-2-1-3-5-17/h1-11,27H,13-14H2. The molecule has 0 radical (unpaired) electrons. The Morgan fingerprint density at radius 2 is 1.71 bits per heavy atom. The molecule has 0 saturated heterocycles. The molecule has 0 atom stereocenters. The highest BCUT2D eigenvalue weighted by Gasteiger charge is 2.26. The van der Waals surface area contributed by atoms with Crippen LogP contribution in [0.15, 0.2) is 66.9 Å². The molecule has 1 N–H and O–H groups in total. The molecule has 4 rings (SSSR count). The third kappa shape index (κ3) is 4.65. The number of benzene rings is 2. The molecule has 0 bridgehead atoms. The molecular formula is C22H16F3N5O. The van der Waals surface area contributed by atoms with Crippen LogP contribution in [0.3, 0.4) is 0 Å². The fraction of sp³-hybridized carbons (Fsp3) is 0.136. The molecule has 0 saturated carbocycles. The zero-order valence-electron chi connectivity index (χ0n) is 16.1. The van der Waals surface area contributed by atoms with Crippen LogP contribution < -0.4 is 10.1 Å². The molecule has 0 spiro atoms. The van der Waals surface area contributed by atoms with Gasteiger partial charge in [-0.15, -0.1) is 0 Å². The number of nitrogens with zero attached hydrogens (tertiary/aromatic N) is 4. The summed E-state index contributed by atoms with van der Waals surface area (Å²) in [6.07, 6.45) is -2.87. The number of rotatable bonds is 6. The Bertz CT molecular complexity index is 1230. The molecule has 0 unspecified atom stereocenters. The molecule has 2 aromatic heterocycles. The van der Waals surface area contributed by atoms with Gasteiger partial charge in [0.1, 0.15) is 28.8 Å². The first-order valence-corrected chi connectivity index (χ1v) is 9.32. The van der Waals surface area contributed by atoms with Crippen molar-refractivity contribution in [3.05, 3.63) is 78.1 Å². The number of hydrogen-bond donors (Lipinski definition) is 1. The first kappa shape index (κ1) is 20.4. The maximum Gasteiger partial charge on any atom is 0.401 e. The number of aromatic nitrogens is 3. The van der Waals surface area contributed by atoms with E-state index in [1.807, 2.05) is 30.3 Å². The predicted octanol–water partition coefficient (Wildman–Crippen LogP) is 4.71. The summed E-state index contributed by atoms with van der Waals surface area (Å²) in [5, 5.41) is 16.4. The van der Waals surface area contributed by atoms with Crippen molar-refractivity contribution in [1.29, 1.82) is 5.26 Å². The van der Waals surface area contributed by atoms with Gasteiger partial charge in [-0.3, -0.25) is 0 Å². The van der Waals surface area contributed by atoms with Gasteiger partial charge >= 0.3 is 6.18 Å². The minimum absolute atomic E-state index is 0.0750. The predicted molar refractivity (Wildman–Crippen MR) is 107 cm³/mol. The molecule has 0 aliphatic heterocycles. The summed E-state index contributed by atoms with van der Waals surface area (Å²) in [4.78, 5) is 4.19. The van der Waals surface area contributed by atoms with Crippen molar-refractivity contribution in [3.63, 3.8) is 0 Å². The second kappa shape index (κ2) is 8.45. The van der Waals surface area contributed by atoms with E-state index in [9.17, 15) is 18.4 Å². The number of para-hydroxylation sites is 1. The van der Waals surface area contributed by atoms with E-state index in [2.05, 4.69) is 21.5 Å². The lowest BCUT2D eigenvalue weighted by atomic mass is 10.1. The van der Waals surface area contributed by atoms with Crippen LogP contribution in [-0.2, 0) is 6.54 Å². The van der Waals surface area contributed by atoms with Crippen LogP contribution in [0.1, 0.15) is 11.3 Å². The summed E-state index contributed by atoms with van der Waals surface area (Å²) < 4.78 is 44.5. The highest BCUT2D eigenvalue weighted by atomic mass is 19.4. The van der Waals surface area contributed by atoms with Gasteiger partial charge in [0.25, 0.3) is 0 Å². The molecule has 0 aliphatic carbocycles. The topological polar surface area (TPSA) is 75.2 Å². The second-order valence-corrected chi connectivity index (χ2v) is 6.67. The summed E-state index contributed by atoms with van der Waals surface area (Å²) in [6.45, 7) is -1.20. The molecule has 2 aromatic carbocycles. The molecule has 31 heavy (non-hydrogen) atoms. The van der Waals surface area contributed by atoms with Crippen molar-refractivity contribution in [1.82, 2.24) is 19.9 Å². The SMILES string of the molecule is N#Cc1c(-c2ccc(Oc3ccccc3)cc2)nn2c(CNCC(F)(F)F)ccnc12. The summed E-state index contributed by atoms with van der Waals surface area (Å²) in [6, 6.07) is 20.0. The van der Waals surface area contributed by atoms with Crippen molar-refractivity contribution in [2.24, 2.45) is 0 Å². The van der Waals surface area contributed by atoms with Crippen molar-refractivity contribution in [2.75, 3.05) is 6.54 Å². The fourth-order valence-corrected chi connectivity index (χ4v) is 3.07. The number of alkyl halides is 3. The Labute approximate surface area is 175 Å². The normalized spacial score (nSPS) is 11.4. The second-order valence-electron chi connectivity index (χ2n) is 6.67. The monoisotopic (exact) mass is 423 g/mol. The number of nitrogens with one attached hydrogen (secondary N) is 1. The minimum Gasteiger partial charge on any atom is -0.457 e. The quantitative estimate of drug-likeness (QED) is 0.486. The first-order valence-electron chi connectivity index (χ1n) is 9.32. The van der Waals surface area contributed by atoms with Crippen LogP contribution in [0.2, 0.25) is 0 Å². The Balaban J connectivity index is 1.63. The molecule has 156 valence electrons. The average Bonchev–Trinajstić information content (AvgIpc) is 3.14. The Morgan fingerprint density at radius 3 is 2.39 bits per heavy atom. The molecule has 6 nitrogen and oxygen atoms in total. The van der Waals surface area contributed by atoms with Gasteiger partial charge in [-0.1, -0.05) is 18.2 Å². The zero-order valence-corrected chi connectivity index (χ0v) is 16.1. The van der Waals surface area contributed by atoms with E-state index >= 15 is 0 Å². The lowest BCUT2D eigenvalue weighted by Gasteiger charge is -2.09. The van der Waals surface area contributed by atoms with Gasteiger partial charge < -0.3 is 10.1 Å². The van der Waals surface area contributed by atoms with Gasteiger partial charge in [-0.05, 0) is 42.5 Å². The van der Waals surface area contributed by atoms with Crippen LogP contribution in [0, 0.1) is 11.3 Å². The lowest BCUT2D eigenvalue weighted by Crippen LogP contribution is -2.29. The lowest BCUT2D eigenvalue weighted by molar-refractivity contribution is -0.125. The third-order valence-corrected chi connectivity index (χ3v) is 4.45. The van der Waals surface area contributed by atoms with E-state index < -0.39 is 12.7 Å². The van der Waals surface area contributed by atoms with Gasteiger partial charge in [-0.2, -0.15) is 23.5 Å². The van der Waals surface area contributed by atoms with E-state index in [0.29, 0.717) is 28.5 Å². The Morgan fingerprint density at radius 1 is 1.00 bits per heavy atom. The number of nitriles is 1. The van der Waals surface area contributed by atoms with E-state index in [1.54, 1.807) is 30.3 Å². The van der Waals surface area contributed by atoms with Crippen LogP contribution in [-0.4, -0.2) is 27.3 Å². The third-order valence-electron chi connectivity index (χ3n) is 4.45. The van der Waals surface area contributed by atoms with Gasteiger partial charge in [0.05, 0.1) is 12.2 Å². The largest absolute Gasteiger partial charge is 0.457 e. The molecule has 0 fully saturated rings. The molecule has 9 heteroatoms. The maximum atomic E-state index is 12.4. The Hall–Kier alpha value is -3.90.